The van der Waals surface area contributed by atoms with Crippen molar-refractivity contribution in [2.24, 2.45) is 0 Å². The van der Waals surface area contributed by atoms with Gasteiger partial charge in [-0.2, -0.15) is 5.10 Å². The number of aryl methyl sites for hydroxylation is 1. The molecule has 5 nitrogen and oxygen atoms in total. The van der Waals surface area contributed by atoms with Gasteiger partial charge in [0.1, 0.15) is 6.04 Å². The zero-order chi connectivity index (χ0) is 12.3. The van der Waals surface area contributed by atoms with Gasteiger partial charge in [-0.05, 0) is 32.9 Å². The average molecular weight is 225 g/mol. The van der Waals surface area contributed by atoms with Crippen molar-refractivity contribution in [3.05, 3.63) is 17.0 Å². The number of hydrogen-bond acceptors (Lipinski definition) is 3. The lowest BCUT2D eigenvalue weighted by atomic mass is 10.2. The van der Waals surface area contributed by atoms with Gasteiger partial charge in [-0.15, -0.1) is 0 Å². The molecule has 2 N–H and O–H groups in total. The molecule has 0 aliphatic carbocycles. The van der Waals surface area contributed by atoms with E-state index < -0.39 is 12.0 Å². The summed E-state index contributed by atoms with van der Waals surface area (Å²) in [5, 5.41) is 16.3. The van der Waals surface area contributed by atoms with E-state index >= 15 is 0 Å². The Kier molecular flexibility index (Phi) is 4.06. The van der Waals surface area contributed by atoms with Gasteiger partial charge in [0, 0.05) is 5.69 Å². The van der Waals surface area contributed by atoms with E-state index in [-0.39, 0.29) is 0 Å². The van der Waals surface area contributed by atoms with Gasteiger partial charge in [-0.25, -0.2) is 0 Å². The van der Waals surface area contributed by atoms with Crippen molar-refractivity contribution in [3.63, 3.8) is 0 Å². The lowest BCUT2D eigenvalue weighted by Crippen LogP contribution is -2.40. The van der Waals surface area contributed by atoms with Crippen LogP contribution in [0, 0.1) is 20.8 Å². The SMILES string of the molecule is CCNC(Cn1nc(C)c(C)c1C)C(=O)O. The van der Waals surface area contributed by atoms with Crippen molar-refractivity contribution in [2.45, 2.75) is 40.3 Å². The normalized spacial score (nSPS) is 12.8. The first-order valence-electron chi connectivity index (χ1n) is 5.44. The highest BCUT2D eigenvalue weighted by Gasteiger charge is 2.18. The molecule has 0 aromatic carbocycles. The van der Waals surface area contributed by atoms with Gasteiger partial charge in [0.05, 0.1) is 12.2 Å². The molecule has 1 unspecified atom stereocenters. The van der Waals surface area contributed by atoms with Crippen LogP contribution in [0.1, 0.15) is 23.9 Å². The third-order valence-corrected chi connectivity index (χ3v) is 2.85. The number of carboxylic acids is 1. The van der Waals surface area contributed by atoms with E-state index in [0.717, 1.165) is 17.0 Å². The molecular formula is C11H19N3O2. The summed E-state index contributed by atoms with van der Waals surface area (Å²) in [6, 6.07) is -0.581. The Balaban J connectivity index is 2.85. The van der Waals surface area contributed by atoms with E-state index in [0.29, 0.717) is 13.1 Å². The van der Waals surface area contributed by atoms with E-state index in [9.17, 15) is 4.79 Å². The van der Waals surface area contributed by atoms with Crippen LogP contribution in [0.5, 0.6) is 0 Å². The molecule has 0 saturated heterocycles. The van der Waals surface area contributed by atoms with Gasteiger partial charge >= 0.3 is 5.97 Å². The van der Waals surface area contributed by atoms with Crippen molar-refractivity contribution < 1.29 is 9.90 Å². The Morgan fingerprint density at radius 3 is 2.50 bits per heavy atom. The first-order chi connectivity index (χ1) is 7.47. The van der Waals surface area contributed by atoms with Crippen molar-refractivity contribution in [3.8, 4) is 0 Å². The molecule has 0 amide bonds. The molecule has 0 aliphatic heterocycles. The fourth-order valence-electron chi connectivity index (χ4n) is 1.61. The minimum Gasteiger partial charge on any atom is -0.480 e. The van der Waals surface area contributed by atoms with Crippen LogP contribution in [0.3, 0.4) is 0 Å². The number of aromatic nitrogens is 2. The summed E-state index contributed by atoms with van der Waals surface area (Å²) in [5.41, 5.74) is 3.11. The number of hydrogen-bond donors (Lipinski definition) is 2. The van der Waals surface area contributed by atoms with Crippen LogP contribution in [0.25, 0.3) is 0 Å². The minimum absolute atomic E-state index is 0.365. The van der Waals surface area contributed by atoms with Crippen molar-refractivity contribution in [1.29, 1.82) is 0 Å². The summed E-state index contributed by atoms with van der Waals surface area (Å²) in [6.07, 6.45) is 0. The zero-order valence-corrected chi connectivity index (χ0v) is 10.2. The van der Waals surface area contributed by atoms with Crippen LogP contribution in [-0.2, 0) is 11.3 Å². The first kappa shape index (κ1) is 12.7. The molecule has 1 aromatic heterocycles. The van der Waals surface area contributed by atoms with Gasteiger partial charge in [-0.1, -0.05) is 6.92 Å². The van der Waals surface area contributed by atoms with Gasteiger partial charge in [-0.3, -0.25) is 9.48 Å². The smallest absolute Gasteiger partial charge is 0.322 e. The molecule has 1 atom stereocenters. The van der Waals surface area contributed by atoms with E-state index in [4.69, 9.17) is 5.11 Å². The fraction of sp³-hybridized carbons (Fsp3) is 0.636. The summed E-state index contributed by atoms with van der Waals surface area (Å²) in [6.45, 7) is 8.78. The number of aliphatic carboxylic acids is 1. The monoisotopic (exact) mass is 225 g/mol. The molecule has 90 valence electrons. The molecule has 1 heterocycles. The maximum Gasteiger partial charge on any atom is 0.322 e. The summed E-state index contributed by atoms with van der Waals surface area (Å²) >= 11 is 0. The number of likely N-dealkylation sites (N-methyl/N-ethyl adjacent to an activating group) is 1. The van der Waals surface area contributed by atoms with Crippen LogP contribution in [0.2, 0.25) is 0 Å². The Labute approximate surface area is 95.5 Å². The zero-order valence-electron chi connectivity index (χ0n) is 10.2. The standard InChI is InChI=1S/C11H19N3O2/c1-5-12-10(11(15)16)6-14-9(4)7(2)8(3)13-14/h10,12H,5-6H2,1-4H3,(H,15,16). The van der Waals surface area contributed by atoms with Gasteiger partial charge < -0.3 is 10.4 Å². The highest BCUT2D eigenvalue weighted by Crippen LogP contribution is 2.11. The largest absolute Gasteiger partial charge is 0.480 e. The predicted molar refractivity (Wildman–Crippen MR) is 61.5 cm³/mol. The molecule has 1 rings (SSSR count). The number of rotatable bonds is 5. The van der Waals surface area contributed by atoms with Crippen molar-refractivity contribution in [2.75, 3.05) is 6.54 Å². The lowest BCUT2D eigenvalue weighted by molar-refractivity contribution is -0.139. The van der Waals surface area contributed by atoms with Gasteiger partial charge in [0.15, 0.2) is 0 Å². The van der Waals surface area contributed by atoms with Gasteiger partial charge in [0.2, 0.25) is 0 Å². The maximum atomic E-state index is 11.0. The third kappa shape index (κ3) is 2.61. The molecule has 16 heavy (non-hydrogen) atoms. The fourth-order valence-corrected chi connectivity index (χ4v) is 1.61. The molecule has 0 radical (unpaired) electrons. The van der Waals surface area contributed by atoms with Gasteiger partial charge in [0.25, 0.3) is 0 Å². The van der Waals surface area contributed by atoms with E-state index in [1.54, 1.807) is 4.68 Å². The number of carbonyl (C=O) groups is 1. The van der Waals surface area contributed by atoms with Crippen LogP contribution >= 0.6 is 0 Å². The molecule has 0 saturated carbocycles. The molecule has 0 bridgehead atoms. The lowest BCUT2D eigenvalue weighted by Gasteiger charge is -2.14. The van der Waals surface area contributed by atoms with Crippen molar-refractivity contribution >= 4 is 5.97 Å². The summed E-state index contributed by atoms with van der Waals surface area (Å²) < 4.78 is 1.76. The number of carboxylic acid groups (broad SMARTS) is 1. The minimum atomic E-state index is -0.841. The Bertz CT molecular complexity index is 385. The number of nitrogens with one attached hydrogen (secondary N) is 1. The first-order valence-corrected chi connectivity index (χ1v) is 5.44. The Hall–Kier alpha value is -1.36. The molecule has 1 aromatic rings. The van der Waals surface area contributed by atoms with Crippen LogP contribution in [0.15, 0.2) is 0 Å². The number of nitrogens with zero attached hydrogens (tertiary/aromatic N) is 2. The van der Waals surface area contributed by atoms with E-state index in [1.807, 2.05) is 27.7 Å². The van der Waals surface area contributed by atoms with E-state index in [2.05, 4.69) is 10.4 Å². The molecule has 5 heteroatoms. The van der Waals surface area contributed by atoms with E-state index in [1.165, 1.54) is 0 Å². The third-order valence-electron chi connectivity index (χ3n) is 2.85. The predicted octanol–water partition coefficient (Wildman–Crippen LogP) is 0.871. The highest BCUT2D eigenvalue weighted by atomic mass is 16.4. The molecule has 0 spiro atoms. The van der Waals surface area contributed by atoms with Crippen LogP contribution < -0.4 is 5.32 Å². The van der Waals surface area contributed by atoms with Crippen LogP contribution in [0.4, 0.5) is 0 Å². The topological polar surface area (TPSA) is 67.2 Å². The Morgan fingerprint density at radius 1 is 1.50 bits per heavy atom. The quantitative estimate of drug-likeness (QED) is 0.780. The Morgan fingerprint density at radius 2 is 2.12 bits per heavy atom. The maximum absolute atomic E-state index is 11.0. The molecular weight excluding hydrogens is 206 g/mol. The summed E-state index contributed by atoms with van der Waals surface area (Å²) in [4.78, 5) is 11.0. The highest BCUT2D eigenvalue weighted by molar-refractivity contribution is 5.73. The second-order valence-electron chi connectivity index (χ2n) is 3.93. The van der Waals surface area contributed by atoms with Crippen molar-refractivity contribution in [1.82, 2.24) is 15.1 Å². The molecule has 0 fully saturated rings. The van der Waals surface area contributed by atoms with Crippen LogP contribution in [-0.4, -0.2) is 33.4 Å². The second kappa shape index (κ2) is 5.12. The summed E-state index contributed by atoms with van der Waals surface area (Å²) in [5.74, 6) is -0.841. The summed E-state index contributed by atoms with van der Waals surface area (Å²) in [7, 11) is 0. The average Bonchev–Trinajstić information content (AvgIpc) is 2.45. The molecule has 0 aliphatic rings. The second-order valence-corrected chi connectivity index (χ2v) is 3.93.